The van der Waals surface area contributed by atoms with Gasteiger partial charge in [0.2, 0.25) is 0 Å². The Labute approximate surface area is 182 Å². The highest BCUT2D eigenvalue weighted by molar-refractivity contribution is 4.94. The number of ether oxygens (including phenoxy) is 4. The van der Waals surface area contributed by atoms with E-state index in [9.17, 15) is 35.7 Å². The number of aliphatic hydroxyl groups is 7. The molecule has 0 spiro atoms. The van der Waals surface area contributed by atoms with E-state index in [0.717, 1.165) is 32.1 Å². The van der Waals surface area contributed by atoms with Crippen LogP contribution in [-0.2, 0) is 18.9 Å². The van der Waals surface area contributed by atoms with Gasteiger partial charge in [-0.15, -0.1) is 0 Å². The molecule has 2 heterocycles. The third-order valence-corrected chi connectivity index (χ3v) is 5.74. The van der Waals surface area contributed by atoms with Crippen LogP contribution in [0.5, 0.6) is 0 Å². The van der Waals surface area contributed by atoms with Gasteiger partial charge in [0.25, 0.3) is 0 Å². The van der Waals surface area contributed by atoms with Crippen LogP contribution < -0.4 is 0 Å². The first-order valence-electron chi connectivity index (χ1n) is 11.1. The molecule has 31 heavy (non-hydrogen) atoms. The Balaban J connectivity index is 1.90. The van der Waals surface area contributed by atoms with Gasteiger partial charge in [-0.05, 0) is 6.42 Å². The van der Waals surface area contributed by atoms with Crippen molar-refractivity contribution >= 4 is 0 Å². The zero-order valence-electron chi connectivity index (χ0n) is 17.9. The van der Waals surface area contributed by atoms with E-state index in [-0.39, 0.29) is 0 Å². The average molecular weight is 455 g/mol. The summed E-state index contributed by atoms with van der Waals surface area (Å²) in [6.07, 6.45) is -7.98. The lowest BCUT2D eigenvalue weighted by molar-refractivity contribution is -0.359. The summed E-state index contributed by atoms with van der Waals surface area (Å²) in [5.41, 5.74) is 0. The van der Waals surface area contributed by atoms with Crippen LogP contribution in [0.4, 0.5) is 0 Å². The molecule has 184 valence electrons. The lowest BCUT2D eigenvalue weighted by Gasteiger charge is -2.45. The van der Waals surface area contributed by atoms with Gasteiger partial charge in [-0.1, -0.05) is 39.0 Å². The van der Waals surface area contributed by atoms with Gasteiger partial charge in [0, 0.05) is 6.61 Å². The lowest BCUT2D eigenvalue weighted by Crippen LogP contribution is -2.64. The van der Waals surface area contributed by atoms with Crippen molar-refractivity contribution in [2.75, 3.05) is 19.8 Å². The number of aliphatic hydroxyl groups excluding tert-OH is 7. The van der Waals surface area contributed by atoms with Crippen molar-refractivity contribution in [2.45, 2.75) is 107 Å². The Morgan fingerprint density at radius 1 is 0.645 bits per heavy atom. The topological polar surface area (TPSA) is 179 Å². The third kappa shape index (κ3) is 7.02. The summed E-state index contributed by atoms with van der Waals surface area (Å²) in [7, 11) is 0. The molecule has 0 amide bonds. The van der Waals surface area contributed by atoms with Crippen LogP contribution in [0.15, 0.2) is 0 Å². The Hall–Kier alpha value is -0.440. The van der Waals surface area contributed by atoms with Gasteiger partial charge in [-0.3, -0.25) is 0 Å². The zero-order valence-corrected chi connectivity index (χ0v) is 17.9. The number of hydrogen-bond donors (Lipinski definition) is 7. The standard InChI is InChI=1S/C20H38O11/c1-2-3-4-5-6-7-8-28-19-17(27)15(25)18(12(10-22)30-19)31-20-16(26)14(24)13(23)11(9-21)29-20/h11-27H,2-10H2,1H3/t11-,12-,13-,14+,15-,16-,17-,18-,19+,20-/m1/s1. The molecule has 11 nitrogen and oxygen atoms in total. The summed E-state index contributed by atoms with van der Waals surface area (Å²) in [6.45, 7) is 1.23. The molecule has 2 aliphatic heterocycles. The molecule has 0 aliphatic carbocycles. The maximum atomic E-state index is 10.5. The minimum absolute atomic E-state index is 0.316. The van der Waals surface area contributed by atoms with E-state index in [1.54, 1.807) is 0 Å². The van der Waals surface area contributed by atoms with Crippen LogP contribution in [0.2, 0.25) is 0 Å². The highest BCUT2D eigenvalue weighted by atomic mass is 16.7. The summed E-state index contributed by atoms with van der Waals surface area (Å²) in [5.74, 6) is 0. The van der Waals surface area contributed by atoms with Crippen LogP contribution in [0.1, 0.15) is 45.4 Å². The number of unbranched alkanes of at least 4 members (excludes halogenated alkanes) is 5. The zero-order chi connectivity index (χ0) is 23.0. The Morgan fingerprint density at radius 3 is 1.87 bits per heavy atom. The maximum absolute atomic E-state index is 10.5. The van der Waals surface area contributed by atoms with Gasteiger partial charge in [0.1, 0.15) is 48.8 Å². The van der Waals surface area contributed by atoms with Crippen LogP contribution >= 0.6 is 0 Å². The molecule has 2 aliphatic rings. The molecule has 2 fully saturated rings. The predicted octanol–water partition coefficient (Wildman–Crippen LogP) is -2.01. The first-order chi connectivity index (χ1) is 14.8. The fraction of sp³-hybridized carbons (Fsp3) is 1.00. The normalized spacial score (nSPS) is 41.4. The van der Waals surface area contributed by atoms with Crippen LogP contribution in [0.25, 0.3) is 0 Å². The van der Waals surface area contributed by atoms with E-state index in [1.165, 1.54) is 6.42 Å². The minimum atomic E-state index is -1.69. The highest BCUT2D eigenvalue weighted by Crippen LogP contribution is 2.29. The Bertz CT molecular complexity index is 492. The molecule has 7 N–H and O–H groups in total. The average Bonchev–Trinajstić information content (AvgIpc) is 2.77. The molecule has 2 saturated heterocycles. The van der Waals surface area contributed by atoms with Crippen LogP contribution in [0, 0.1) is 0 Å². The molecule has 0 aromatic rings. The fourth-order valence-electron chi connectivity index (χ4n) is 3.77. The monoisotopic (exact) mass is 454 g/mol. The molecule has 0 saturated carbocycles. The van der Waals surface area contributed by atoms with Gasteiger partial charge >= 0.3 is 0 Å². The summed E-state index contributed by atoms with van der Waals surface area (Å²) in [4.78, 5) is 0. The number of rotatable bonds is 12. The molecule has 0 aromatic carbocycles. The van der Waals surface area contributed by atoms with Crippen molar-refractivity contribution < 1.29 is 54.7 Å². The van der Waals surface area contributed by atoms with Gasteiger partial charge in [-0.25, -0.2) is 0 Å². The molecule has 11 heteroatoms. The second kappa shape index (κ2) is 13.3. The first kappa shape index (κ1) is 26.8. The van der Waals surface area contributed by atoms with Gasteiger partial charge in [0.05, 0.1) is 13.2 Å². The Kier molecular flexibility index (Phi) is 11.5. The summed E-state index contributed by atoms with van der Waals surface area (Å²) in [6, 6.07) is 0. The van der Waals surface area contributed by atoms with E-state index in [0.29, 0.717) is 6.61 Å². The third-order valence-electron chi connectivity index (χ3n) is 5.74. The van der Waals surface area contributed by atoms with Crippen LogP contribution in [0.3, 0.4) is 0 Å². The Morgan fingerprint density at radius 2 is 1.23 bits per heavy atom. The fourth-order valence-corrected chi connectivity index (χ4v) is 3.77. The molecule has 0 bridgehead atoms. The van der Waals surface area contributed by atoms with E-state index in [1.807, 2.05) is 0 Å². The van der Waals surface area contributed by atoms with E-state index < -0.39 is 74.6 Å². The van der Waals surface area contributed by atoms with E-state index in [4.69, 9.17) is 18.9 Å². The summed E-state index contributed by atoms with van der Waals surface area (Å²) < 4.78 is 21.9. The number of hydrogen-bond acceptors (Lipinski definition) is 11. The second-order valence-electron chi connectivity index (χ2n) is 8.14. The lowest BCUT2D eigenvalue weighted by atomic mass is 9.97. The first-order valence-corrected chi connectivity index (χ1v) is 11.1. The summed E-state index contributed by atoms with van der Waals surface area (Å²) in [5, 5.41) is 69.7. The van der Waals surface area contributed by atoms with Gasteiger partial charge < -0.3 is 54.7 Å². The maximum Gasteiger partial charge on any atom is 0.187 e. The molecule has 2 rings (SSSR count). The van der Waals surface area contributed by atoms with Crippen LogP contribution in [-0.4, -0.2) is 117 Å². The van der Waals surface area contributed by atoms with Crippen molar-refractivity contribution in [1.82, 2.24) is 0 Å². The summed E-state index contributed by atoms with van der Waals surface area (Å²) >= 11 is 0. The van der Waals surface area contributed by atoms with Crippen molar-refractivity contribution in [3.8, 4) is 0 Å². The molecule has 10 atom stereocenters. The highest BCUT2D eigenvalue weighted by Gasteiger charge is 2.50. The van der Waals surface area contributed by atoms with Gasteiger partial charge in [0.15, 0.2) is 12.6 Å². The van der Waals surface area contributed by atoms with E-state index in [2.05, 4.69) is 6.92 Å². The quantitative estimate of drug-likeness (QED) is 0.162. The molecular formula is C20H38O11. The predicted molar refractivity (Wildman–Crippen MR) is 106 cm³/mol. The smallest absolute Gasteiger partial charge is 0.187 e. The van der Waals surface area contributed by atoms with E-state index >= 15 is 0 Å². The van der Waals surface area contributed by atoms with Crippen molar-refractivity contribution in [2.24, 2.45) is 0 Å². The SMILES string of the molecule is CCCCCCCCO[C@H]1O[C@H](CO)[C@@H](O[C@H]2O[C@H](CO)[C@@H](O)[C@H](O)[C@H]2O)[C@H](O)[C@H]1O. The van der Waals surface area contributed by atoms with Gasteiger partial charge in [-0.2, -0.15) is 0 Å². The second-order valence-corrected chi connectivity index (χ2v) is 8.14. The molecular weight excluding hydrogens is 416 g/mol. The molecule has 0 radical (unpaired) electrons. The van der Waals surface area contributed by atoms with Crippen molar-refractivity contribution in [1.29, 1.82) is 0 Å². The molecule has 0 unspecified atom stereocenters. The molecule has 0 aromatic heterocycles. The minimum Gasteiger partial charge on any atom is -0.394 e. The largest absolute Gasteiger partial charge is 0.394 e. The van der Waals surface area contributed by atoms with Crippen molar-refractivity contribution in [3.05, 3.63) is 0 Å². The van der Waals surface area contributed by atoms with Crippen molar-refractivity contribution in [3.63, 3.8) is 0 Å².